The lowest BCUT2D eigenvalue weighted by molar-refractivity contribution is 0.669. The summed E-state index contributed by atoms with van der Waals surface area (Å²) in [4.78, 5) is 15.4. The maximum absolute atomic E-state index is 6.48. The average molecular weight is 728 g/mol. The molecule has 0 atom stereocenters. The first kappa shape index (κ1) is 32.7. The Morgan fingerprint density at radius 1 is 0.281 bits per heavy atom. The van der Waals surface area contributed by atoms with E-state index in [0.29, 0.717) is 17.5 Å². The maximum atomic E-state index is 6.48. The molecule has 0 N–H and O–H groups in total. The first-order chi connectivity index (χ1) is 28.2. The van der Waals surface area contributed by atoms with Crippen LogP contribution in [0.2, 0.25) is 0 Å². The number of fused-ring (bicyclic) bond motifs is 6. The van der Waals surface area contributed by atoms with Crippen molar-refractivity contribution >= 4 is 43.5 Å². The monoisotopic (exact) mass is 727 g/mol. The van der Waals surface area contributed by atoms with Crippen molar-refractivity contribution in [2.24, 2.45) is 0 Å². The van der Waals surface area contributed by atoms with E-state index in [0.717, 1.165) is 60.9 Å². The Labute approximate surface area is 329 Å². The van der Waals surface area contributed by atoms with E-state index < -0.39 is 0 Å². The van der Waals surface area contributed by atoms with Gasteiger partial charge < -0.3 is 4.42 Å². The topological polar surface area (TPSA) is 51.8 Å². The molecule has 266 valence electrons. The van der Waals surface area contributed by atoms with Crippen molar-refractivity contribution in [1.29, 1.82) is 0 Å². The molecule has 0 saturated carbocycles. The Morgan fingerprint density at radius 2 is 0.842 bits per heavy atom. The molecule has 4 nitrogen and oxygen atoms in total. The third-order valence-corrected chi connectivity index (χ3v) is 11.0. The highest BCUT2D eigenvalue weighted by atomic mass is 16.3. The van der Waals surface area contributed by atoms with Crippen LogP contribution >= 0.6 is 0 Å². The highest BCUT2D eigenvalue weighted by Crippen LogP contribution is 2.40. The van der Waals surface area contributed by atoms with Crippen molar-refractivity contribution in [3.63, 3.8) is 0 Å². The van der Waals surface area contributed by atoms with Crippen molar-refractivity contribution < 1.29 is 4.42 Å². The summed E-state index contributed by atoms with van der Waals surface area (Å²) >= 11 is 0. The summed E-state index contributed by atoms with van der Waals surface area (Å²) < 4.78 is 6.48. The summed E-state index contributed by atoms with van der Waals surface area (Å²) in [6, 6.07) is 69.9. The second-order valence-corrected chi connectivity index (χ2v) is 14.4. The molecule has 0 amide bonds. The van der Waals surface area contributed by atoms with E-state index in [1.54, 1.807) is 0 Å². The van der Waals surface area contributed by atoms with Gasteiger partial charge in [0.15, 0.2) is 17.5 Å². The fourth-order valence-electron chi connectivity index (χ4n) is 8.12. The van der Waals surface area contributed by atoms with Crippen molar-refractivity contribution in [1.82, 2.24) is 15.0 Å². The van der Waals surface area contributed by atoms with E-state index in [9.17, 15) is 0 Å². The Hall–Kier alpha value is -7.69. The first-order valence-electron chi connectivity index (χ1n) is 19.2. The largest absolute Gasteiger partial charge is 0.456 e. The quantitative estimate of drug-likeness (QED) is 0.160. The molecule has 0 unspecified atom stereocenters. The van der Waals surface area contributed by atoms with E-state index >= 15 is 0 Å². The predicted molar refractivity (Wildman–Crippen MR) is 235 cm³/mol. The van der Waals surface area contributed by atoms with Crippen LogP contribution in [0.3, 0.4) is 0 Å². The molecule has 0 radical (unpaired) electrons. The molecule has 0 aliphatic rings. The van der Waals surface area contributed by atoms with E-state index in [4.69, 9.17) is 19.4 Å². The van der Waals surface area contributed by atoms with Crippen LogP contribution < -0.4 is 0 Å². The highest BCUT2D eigenvalue weighted by Gasteiger charge is 2.20. The SMILES string of the molecule is c1ccc(-c2nc(-c3ccccc3-c3ccccc3)nc(-c3cccc4oc5ccc(-c6ccc(-c7ccc8c(ccc9ccccc98)c7)cc6)cc5c34)n2)cc1. The fourth-order valence-corrected chi connectivity index (χ4v) is 8.12. The number of aromatic nitrogens is 3. The second-order valence-electron chi connectivity index (χ2n) is 14.4. The Morgan fingerprint density at radius 3 is 1.63 bits per heavy atom. The third-order valence-electron chi connectivity index (χ3n) is 11.0. The number of hydrogen-bond donors (Lipinski definition) is 0. The molecule has 0 aliphatic carbocycles. The second kappa shape index (κ2) is 13.6. The lowest BCUT2D eigenvalue weighted by Gasteiger charge is -2.12. The van der Waals surface area contributed by atoms with Gasteiger partial charge in [-0.2, -0.15) is 0 Å². The van der Waals surface area contributed by atoms with Crippen LogP contribution in [-0.2, 0) is 0 Å². The molecule has 11 aromatic rings. The minimum absolute atomic E-state index is 0.591. The first-order valence-corrected chi connectivity index (χ1v) is 19.2. The maximum Gasteiger partial charge on any atom is 0.164 e. The van der Waals surface area contributed by atoms with Crippen molar-refractivity contribution in [2.75, 3.05) is 0 Å². The summed E-state index contributed by atoms with van der Waals surface area (Å²) in [5.74, 6) is 1.82. The van der Waals surface area contributed by atoms with Gasteiger partial charge in [-0.25, -0.2) is 15.0 Å². The van der Waals surface area contributed by atoms with Crippen LogP contribution in [0.5, 0.6) is 0 Å². The molecule has 0 bridgehead atoms. The summed E-state index contributed by atoms with van der Waals surface area (Å²) in [6.45, 7) is 0. The van der Waals surface area contributed by atoms with Gasteiger partial charge in [-0.3, -0.25) is 0 Å². The Balaban J connectivity index is 1.02. The van der Waals surface area contributed by atoms with Crippen molar-refractivity contribution in [3.05, 3.63) is 200 Å². The summed E-state index contributed by atoms with van der Waals surface area (Å²) in [5.41, 5.74) is 11.1. The smallest absolute Gasteiger partial charge is 0.164 e. The van der Waals surface area contributed by atoms with Crippen LogP contribution in [0.15, 0.2) is 205 Å². The standard InChI is InChI=1S/C53H33N3O/c1-3-12-36(13-4-1)43-18-9-10-19-45(43)52-54-51(38-15-5-2-6-16-38)55-53(56-52)46-20-11-21-49-50(46)47-33-40(29-31-48(47)57-49)35-24-22-34(23-25-35)39-28-30-44-41(32-39)27-26-37-14-7-8-17-42(37)44/h1-33H. The number of benzene rings is 9. The Bertz CT molecular complexity index is 3280. The minimum atomic E-state index is 0.591. The summed E-state index contributed by atoms with van der Waals surface area (Å²) in [5, 5.41) is 7.04. The molecular weight excluding hydrogens is 695 g/mol. The fraction of sp³-hybridized carbons (Fsp3) is 0. The van der Waals surface area contributed by atoms with Gasteiger partial charge in [0.05, 0.1) is 0 Å². The van der Waals surface area contributed by atoms with Crippen LogP contribution in [0.25, 0.3) is 111 Å². The Kier molecular flexibility index (Phi) is 7.78. The molecule has 2 heterocycles. The van der Waals surface area contributed by atoms with E-state index in [-0.39, 0.29) is 0 Å². The molecule has 11 rings (SSSR count). The zero-order valence-corrected chi connectivity index (χ0v) is 30.8. The zero-order valence-electron chi connectivity index (χ0n) is 30.8. The zero-order chi connectivity index (χ0) is 37.7. The lowest BCUT2D eigenvalue weighted by atomic mass is 9.95. The van der Waals surface area contributed by atoms with Gasteiger partial charge in [0.2, 0.25) is 0 Å². The van der Waals surface area contributed by atoms with Gasteiger partial charge in [0, 0.05) is 27.5 Å². The average Bonchev–Trinajstić information content (AvgIpc) is 3.67. The van der Waals surface area contributed by atoms with Gasteiger partial charge >= 0.3 is 0 Å². The third kappa shape index (κ3) is 5.83. The van der Waals surface area contributed by atoms with Gasteiger partial charge in [-0.15, -0.1) is 0 Å². The van der Waals surface area contributed by atoms with Gasteiger partial charge in [-0.1, -0.05) is 176 Å². The van der Waals surface area contributed by atoms with E-state index in [1.165, 1.54) is 32.7 Å². The highest BCUT2D eigenvalue weighted by molar-refractivity contribution is 6.13. The molecular formula is C53H33N3O. The van der Waals surface area contributed by atoms with Crippen molar-refractivity contribution in [3.8, 4) is 67.5 Å². The van der Waals surface area contributed by atoms with Crippen LogP contribution in [-0.4, -0.2) is 15.0 Å². The molecule has 0 aliphatic heterocycles. The predicted octanol–water partition coefficient (Wildman–Crippen LogP) is 14.1. The lowest BCUT2D eigenvalue weighted by Crippen LogP contribution is -2.01. The van der Waals surface area contributed by atoms with Crippen LogP contribution in [0, 0.1) is 0 Å². The summed E-state index contributed by atoms with van der Waals surface area (Å²) in [6.07, 6.45) is 0. The minimum Gasteiger partial charge on any atom is -0.456 e. The number of hydrogen-bond acceptors (Lipinski definition) is 4. The van der Waals surface area contributed by atoms with E-state index in [2.05, 4.69) is 146 Å². The van der Waals surface area contributed by atoms with E-state index in [1.807, 2.05) is 54.6 Å². The normalized spacial score (nSPS) is 11.5. The number of furan rings is 1. The summed E-state index contributed by atoms with van der Waals surface area (Å²) in [7, 11) is 0. The van der Waals surface area contributed by atoms with Gasteiger partial charge in [-0.05, 0) is 79.2 Å². The van der Waals surface area contributed by atoms with Gasteiger partial charge in [0.1, 0.15) is 11.2 Å². The molecule has 0 saturated heterocycles. The molecule has 0 spiro atoms. The van der Waals surface area contributed by atoms with Crippen LogP contribution in [0.4, 0.5) is 0 Å². The molecule has 2 aromatic heterocycles. The molecule has 4 heteroatoms. The molecule has 57 heavy (non-hydrogen) atoms. The number of rotatable bonds is 6. The van der Waals surface area contributed by atoms with Gasteiger partial charge in [0.25, 0.3) is 0 Å². The van der Waals surface area contributed by atoms with Crippen LogP contribution in [0.1, 0.15) is 0 Å². The molecule has 0 fully saturated rings. The molecule has 9 aromatic carbocycles. The van der Waals surface area contributed by atoms with Crippen molar-refractivity contribution in [2.45, 2.75) is 0 Å². The number of nitrogens with zero attached hydrogens (tertiary/aromatic N) is 3.